The first-order valence-electron chi connectivity index (χ1n) is 3.75. The molecule has 0 bridgehead atoms. The molecule has 0 radical (unpaired) electrons. The molecule has 0 spiro atoms. The largest absolute Gasteiger partial charge is 0.385 e. The van der Waals surface area contributed by atoms with E-state index in [1.54, 1.807) is 6.08 Å². The summed E-state index contributed by atoms with van der Waals surface area (Å²) in [6, 6.07) is 0. The van der Waals surface area contributed by atoms with E-state index in [9.17, 15) is 10.2 Å². The van der Waals surface area contributed by atoms with Crippen molar-refractivity contribution in [1.29, 1.82) is 0 Å². The zero-order valence-corrected chi connectivity index (χ0v) is 7.13. The van der Waals surface area contributed by atoms with Crippen LogP contribution in [0, 0.1) is 0 Å². The zero-order chi connectivity index (χ0) is 8.59. The van der Waals surface area contributed by atoms with Gasteiger partial charge in [-0.05, 0) is 37.5 Å². The molecule has 1 rings (SSSR count). The molecule has 0 fully saturated rings. The van der Waals surface area contributed by atoms with Crippen LogP contribution in [0.3, 0.4) is 0 Å². The Morgan fingerprint density at radius 2 is 1.64 bits per heavy atom. The standard InChI is InChI=1S/C9H14O2/c1-5-4-8(10)6(2)7(3)9(5)11/h4,8-11H,1-3H3. The van der Waals surface area contributed by atoms with Gasteiger partial charge in [-0.25, -0.2) is 0 Å². The zero-order valence-electron chi connectivity index (χ0n) is 7.13. The molecular weight excluding hydrogens is 140 g/mol. The Hall–Kier alpha value is -0.600. The second-order valence-corrected chi connectivity index (χ2v) is 3.12. The number of aliphatic hydroxyl groups excluding tert-OH is 2. The van der Waals surface area contributed by atoms with Crippen LogP contribution < -0.4 is 0 Å². The minimum Gasteiger partial charge on any atom is -0.385 e. The van der Waals surface area contributed by atoms with Crippen molar-refractivity contribution < 1.29 is 10.2 Å². The first-order chi connectivity index (χ1) is 5.04. The first kappa shape index (κ1) is 8.50. The van der Waals surface area contributed by atoms with Crippen molar-refractivity contribution in [2.45, 2.75) is 33.0 Å². The van der Waals surface area contributed by atoms with Crippen LogP contribution in [0.15, 0.2) is 22.8 Å². The Labute approximate surface area is 66.9 Å². The van der Waals surface area contributed by atoms with Crippen LogP contribution in [0.2, 0.25) is 0 Å². The summed E-state index contributed by atoms with van der Waals surface area (Å²) in [6.45, 7) is 5.51. The Bertz CT molecular complexity index is 226. The minimum atomic E-state index is -0.501. The van der Waals surface area contributed by atoms with Gasteiger partial charge >= 0.3 is 0 Å². The van der Waals surface area contributed by atoms with Crippen LogP contribution >= 0.6 is 0 Å². The fourth-order valence-electron chi connectivity index (χ4n) is 1.26. The van der Waals surface area contributed by atoms with Crippen molar-refractivity contribution >= 4 is 0 Å². The maximum absolute atomic E-state index is 9.50. The van der Waals surface area contributed by atoms with Gasteiger partial charge in [0.1, 0.15) is 0 Å². The summed E-state index contributed by atoms with van der Waals surface area (Å²) >= 11 is 0. The summed E-state index contributed by atoms with van der Waals surface area (Å²) in [7, 11) is 0. The molecule has 0 heterocycles. The molecule has 2 heteroatoms. The lowest BCUT2D eigenvalue weighted by Crippen LogP contribution is -2.22. The number of hydrogen-bond donors (Lipinski definition) is 2. The highest BCUT2D eigenvalue weighted by Gasteiger charge is 2.20. The Morgan fingerprint density at radius 1 is 1.09 bits per heavy atom. The van der Waals surface area contributed by atoms with Crippen LogP contribution in [0.4, 0.5) is 0 Å². The third-order valence-electron chi connectivity index (χ3n) is 2.33. The number of rotatable bonds is 0. The van der Waals surface area contributed by atoms with E-state index >= 15 is 0 Å². The van der Waals surface area contributed by atoms with Crippen LogP contribution in [0.25, 0.3) is 0 Å². The molecule has 0 aromatic carbocycles. The maximum atomic E-state index is 9.50. The van der Waals surface area contributed by atoms with Crippen LogP contribution in [0.1, 0.15) is 20.8 Å². The lowest BCUT2D eigenvalue weighted by Gasteiger charge is -2.23. The van der Waals surface area contributed by atoms with E-state index in [-0.39, 0.29) is 0 Å². The average Bonchev–Trinajstić information content (AvgIpc) is 1.97. The van der Waals surface area contributed by atoms with E-state index < -0.39 is 12.2 Å². The molecule has 0 aromatic rings. The van der Waals surface area contributed by atoms with Crippen LogP contribution in [-0.4, -0.2) is 22.4 Å². The molecule has 2 N–H and O–H groups in total. The van der Waals surface area contributed by atoms with Crippen molar-refractivity contribution in [2.75, 3.05) is 0 Å². The fraction of sp³-hybridized carbons (Fsp3) is 0.556. The Kier molecular flexibility index (Phi) is 2.16. The van der Waals surface area contributed by atoms with E-state index in [0.29, 0.717) is 0 Å². The smallest absolute Gasteiger partial charge is 0.0960 e. The lowest BCUT2D eigenvalue weighted by molar-refractivity contribution is 0.211. The van der Waals surface area contributed by atoms with Crippen molar-refractivity contribution in [3.63, 3.8) is 0 Å². The summed E-state index contributed by atoms with van der Waals surface area (Å²) in [5.41, 5.74) is 2.57. The average molecular weight is 154 g/mol. The highest BCUT2D eigenvalue weighted by Crippen LogP contribution is 2.24. The Morgan fingerprint density at radius 3 is 2.18 bits per heavy atom. The maximum Gasteiger partial charge on any atom is 0.0960 e. The molecule has 62 valence electrons. The third kappa shape index (κ3) is 1.37. The summed E-state index contributed by atoms with van der Waals surface area (Å²) in [5, 5.41) is 18.9. The van der Waals surface area contributed by atoms with Gasteiger partial charge in [0.05, 0.1) is 12.2 Å². The second kappa shape index (κ2) is 2.80. The van der Waals surface area contributed by atoms with Gasteiger partial charge in [0, 0.05) is 0 Å². The van der Waals surface area contributed by atoms with Gasteiger partial charge in [-0.1, -0.05) is 6.08 Å². The molecular formula is C9H14O2. The van der Waals surface area contributed by atoms with Gasteiger partial charge in [-0.2, -0.15) is 0 Å². The molecule has 0 saturated carbocycles. The van der Waals surface area contributed by atoms with E-state index in [1.165, 1.54) is 0 Å². The van der Waals surface area contributed by atoms with Crippen LogP contribution in [-0.2, 0) is 0 Å². The highest BCUT2D eigenvalue weighted by atomic mass is 16.3. The molecule has 0 aliphatic heterocycles. The molecule has 11 heavy (non-hydrogen) atoms. The van der Waals surface area contributed by atoms with Gasteiger partial charge in [0.15, 0.2) is 0 Å². The second-order valence-electron chi connectivity index (χ2n) is 3.12. The molecule has 1 aliphatic carbocycles. The summed E-state index contributed by atoms with van der Waals surface area (Å²) in [6.07, 6.45) is 0.698. The van der Waals surface area contributed by atoms with Crippen LogP contribution in [0.5, 0.6) is 0 Å². The monoisotopic (exact) mass is 154 g/mol. The van der Waals surface area contributed by atoms with Crippen molar-refractivity contribution in [3.05, 3.63) is 22.8 Å². The molecule has 2 atom stereocenters. The Balaban J connectivity index is 2.98. The van der Waals surface area contributed by atoms with E-state index in [1.807, 2.05) is 20.8 Å². The SMILES string of the molecule is CC1=CC(O)C(C)=C(C)C1O. The summed E-state index contributed by atoms with van der Waals surface area (Å²) in [4.78, 5) is 0. The van der Waals surface area contributed by atoms with E-state index in [2.05, 4.69) is 0 Å². The predicted molar refractivity (Wildman–Crippen MR) is 44.1 cm³/mol. The molecule has 0 aromatic heterocycles. The highest BCUT2D eigenvalue weighted by molar-refractivity contribution is 5.34. The summed E-state index contributed by atoms with van der Waals surface area (Å²) < 4.78 is 0. The first-order valence-corrected chi connectivity index (χ1v) is 3.75. The fourth-order valence-corrected chi connectivity index (χ4v) is 1.26. The lowest BCUT2D eigenvalue weighted by atomic mass is 9.90. The summed E-state index contributed by atoms with van der Waals surface area (Å²) in [5.74, 6) is 0. The van der Waals surface area contributed by atoms with Crippen molar-refractivity contribution in [1.82, 2.24) is 0 Å². The molecule has 2 nitrogen and oxygen atoms in total. The van der Waals surface area contributed by atoms with Gasteiger partial charge < -0.3 is 10.2 Å². The van der Waals surface area contributed by atoms with Gasteiger partial charge in [-0.3, -0.25) is 0 Å². The van der Waals surface area contributed by atoms with Crippen molar-refractivity contribution in [3.8, 4) is 0 Å². The van der Waals surface area contributed by atoms with Gasteiger partial charge in [-0.15, -0.1) is 0 Å². The van der Waals surface area contributed by atoms with Gasteiger partial charge in [0.2, 0.25) is 0 Å². The predicted octanol–water partition coefficient (Wildman–Crippen LogP) is 1.00. The third-order valence-corrected chi connectivity index (χ3v) is 2.33. The molecule has 2 unspecified atom stereocenters. The normalized spacial score (nSPS) is 32.3. The van der Waals surface area contributed by atoms with E-state index in [0.717, 1.165) is 16.7 Å². The molecule has 0 amide bonds. The van der Waals surface area contributed by atoms with Gasteiger partial charge in [0.25, 0.3) is 0 Å². The number of aliphatic hydroxyl groups is 2. The molecule has 1 aliphatic rings. The minimum absolute atomic E-state index is 0.488. The topological polar surface area (TPSA) is 40.5 Å². The van der Waals surface area contributed by atoms with Crippen molar-refractivity contribution in [2.24, 2.45) is 0 Å². The molecule has 0 saturated heterocycles. The van der Waals surface area contributed by atoms with E-state index in [4.69, 9.17) is 0 Å². The number of hydrogen-bond acceptors (Lipinski definition) is 2. The quantitative estimate of drug-likeness (QED) is 0.511.